The molecule has 8 nitrogen and oxygen atoms in total. The normalized spacial score (nSPS) is 11.6. The number of hydrogen-bond donors (Lipinski definition) is 3. The van der Waals surface area contributed by atoms with Gasteiger partial charge in [0.25, 0.3) is 0 Å². The number of pyridine rings is 1. The van der Waals surface area contributed by atoms with Crippen LogP contribution in [0.25, 0.3) is 11.1 Å². The van der Waals surface area contributed by atoms with Gasteiger partial charge in [0.15, 0.2) is 6.19 Å². The number of benzene rings is 2. The van der Waals surface area contributed by atoms with E-state index in [2.05, 4.69) is 25.3 Å². The Bertz CT molecular complexity index is 1040. The molecule has 1 atom stereocenters. The maximum absolute atomic E-state index is 12.8. The first kappa shape index (κ1) is 23.7. The van der Waals surface area contributed by atoms with Crippen molar-refractivity contribution in [1.29, 1.82) is 5.26 Å². The standard InChI is InChI=1S/C22H22N6OS.H2O/c23-17-26-22(28-19-10-6-13-24-16-19)25-14-7-15-27-30(29)21-12-5-4-11-20(21)18-8-2-1-3-9-18;/h1-6,8-13,16,27H,7,14-15H2,(H2,25,26,28);1H2. The van der Waals surface area contributed by atoms with E-state index in [1.807, 2.05) is 66.9 Å². The summed E-state index contributed by atoms with van der Waals surface area (Å²) in [5.41, 5.74) is 2.71. The molecule has 0 aliphatic rings. The van der Waals surface area contributed by atoms with Crippen LogP contribution in [0, 0.1) is 11.5 Å². The first-order valence-electron chi connectivity index (χ1n) is 9.44. The largest absolute Gasteiger partial charge is 0.412 e. The van der Waals surface area contributed by atoms with Gasteiger partial charge in [0.1, 0.15) is 11.0 Å². The number of aromatic nitrogens is 1. The molecule has 2 aromatic carbocycles. The fourth-order valence-corrected chi connectivity index (χ4v) is 3.81. The van der Waals surface area contributed by atoms with Crippen LogP contribution >= 0.6 is 0 Å². The third kappa shape index (κ3) is 7.31. The maximum Gasteiger partial charge on any atom is 0.209 e. The lowest BCUT2D eigenvalue weighted by molar-refractivity contribution is 0.668. The number of nitriles is 1. The van der Waals surface area contributed by atoms with Crippen LogP contribution in [0.1, 0.15) is 6.42 Å². The van der Waals surface area contributed by atoms with Crippen LogP contribution in [0.5, 0.6) is 0 Å². The monoisotopic (exact) mass is 436 g/mol. The number of nitrogens with zero attached hydrogens (tertiary/aromatic N) is 3. The van der Waals surface area contributed by atoms with Gasteiger partial charge in [0, 0.05) is 19.3 Å². The molecule has 0 radical (unpaired) electrons. The zero-order valence-electron chi connectivity index (χ0n) is 16.8. The van der Waals surface area contributed by atoms with Crippen molar-refractivity contribution in [3.8, 4) is 17.3 Å². The summed E-state index contributed by atoms with van der Waals surface area (Å²) < 4.78 is 15.8. The van der Waals surface area contributed by atoms with Crippen molar-refractivity contribution in [2.45, 2.75) is 11.3 Å². The van der Waals surface area contributed by atoms with E-state index >= 15 is 0 Å². The molecule has 5 N–H and O–H groups in total. The van der Waals surface area contributed by atoms with E-state index in [4.69, 9.17) is 5.26 Å². The molecule has 0 saturated carbocycles. The molecule has 160 valence electrons. The Labute approximate surface area is 184 Å². The lowest BCUT2D eigenvalue weighted by Gasteiger charge is -2.10. The van der Waals surface area contributed by atoms with Crippen LogP contribution in [0.3, 0.4) is 0 Å². The number of rotatable bonds is 8. The highest BCUT2D eigenvalue weighted by Gasteiger charge is 2.10. The van der Waals surface area contributed by atoms with Crippen molar-refractivity contribution >= 4 is 22.6 Å². The van der Waals surface area contributed by atoms with Gasteiger partial charge >= 0.3 is 0 Å². The summed E-state index contributed by atoms with van der Waals surface area (Å²) in [6.07, 6.45) is 5.83. The molecule has 3 aromatic rings. The Morgan fingerprint density at radius 3 is 2.58 bits per heavy atom. The van der Waals surface area contributed by atoms with E-state index in [1.54, 1.807) is 18.5 Å². The molecular formula is C22H24N6O2S. The molecule has 0 aliphatic heterocycles. The summed E-state index contributed by atoms with van der Waals surface area (Å²) in [6, 6.07) is 21.2. The Kier molecular flexibility index (Phi) is 9.84. The number of guanidine groups is 1. The Balaban J connectivity index is 0.00000341. The van der Waals surface area contributed by atoms with E-state index in [0.717, 1.165) is 21.7 Å². The van der Waals surface area contributed by atoms with Gasteiger partial charge in [-0.25, -0.2) is 8.93 Å². The summed E-state index contributed by atoms with van der Waals surface area (Å²) in [5.74, 6) is 0.348. The third-order valence-electron chi connectivity index (χ3n) is 4.11. The molecular weight excluding hydrogens is 412 g/mol. The van der Waals surface area contributed by atoms with Gasteiger partial charge in [-0.2, -0.15) is 5.26 Å². The molecule has 9 heteroatoms. The van der Waals surface area contributed by atoms with E-state index < -0.39 is 11.0 Å². The van der Waals surface area contributed by atoms with Crippen molar-refractivity contribution in [2.24, 2.45) is 4.99 Å². The van der Waals surface area contributed by atoms with Gasteiger partial charge in [-0.15, -0.1) is 0 Å². The fourth-order valence-electron chi connectivity index (χ4n) is 2.73. The average Bonchev–Trinajstić information content (AvgIpc) is 2.80. The number of anilines is 1. The zero-order chi connectivity index (χ0) is 21.0. The van der Waals surface area contributed by atoms with Crippen molar-refractivity contribution in [2.75, 3.05) is 18.4 Å². The third-order valence-corrected chi connectivity index (χ3v) is 5.33. The summed E-state index contributed by atoms with van der Waals surface area (Å²) in [6.45, 7) is 0.980. The molecule has 0 aliphatic carbocycles. The number of aliphatic imine (C=N–C) groups is 1. The Morgan fingerprint density at radius 2 is 1.84 bits per heavy atom. The van der Waals surface area contributed by atoms with Crippen LogP contribution in [0.2, 0.25) is 0 Å². The molecule has 1 unspecified atom stereocenters. The second-order valence-electron chi connectivity index (χ2n) is 6.21. The molecule has 1 aromatic heterocycles. The summed E-state index contributed by atoms with van der Waals surface area (Å²) in [7, 11) is -1.33. The second-order valence-corrected chi connectivity index (χ2v) is 7.48. The smallest absolute Gasteiger partial charge is 0.209 e. The first-order chi connectivity index (χ1) is 14.8. The fraction of sp³-hybridized carbons (Fsp3) is 0.136. The van der Waals surface area contributed by atoms with Gasteiger partial charge in [-0.05, 0) is 35.7 Å². The van der Waals surface area contributed by atoms with E-state index in [9.17, 15) is 4.21 Å². The van der Waals surface area contributed by atoms with Crippen LogP contribution < -0.4 is 15.4 Å². The minimum atomic E-state index is -1.33. The SMILES string of the molecule is N#CNC(=NCCCNS(=O)c1ccccc1-c1ccccc1)Nc1cccnc1.O. The zero-order valence-corrected chi connectivity index (χ0v) is 17.6. The van der Waals surface area contributed by atoms with Gasteiger partial charge in [-0.3, -0.25) is 15.3 Å². The highest BCUT2D eigenvalue weighted by molar-refractivity contribution is 7.83. The van der Waals surface area contributed by atoms with Gasteiger partial charge in [0.05, 0.1) is 16.8 Å². The molecule has 0 fully saturated rings. The predicted molar refractivity (Wildman–Crippen MR) is 123 cm³/mol. The molecule has 0 bridgehead atoms. The Hall–Kier alpha value is -3.58. The van der Waals surface area contributed by atoms with Crippen LogP contribution in [-0.4, -0.2) is 33.7 Å². The highest BCUT2D eigenvalue weighted by atomic mass is 32.2. The molecule has 3 rings (SSSR count). The van der Waals surface area contributed by atoms with E-state index in [0.29, 0.717) is 25.5 Å². The van der Waals surface area contributed by atoms with Crippen molar-refractivity contribution in [1.82, 2.24) is 15.0 Å². The summed E-state index contributed by atoms with van der Waals surface area (Å²) in [5, 5.41) is 14.4. The van der Waals surface area contributed by atoms with E-state index in [1.165, 1.54) is 0 Å². The maximum atomic E-state index is 12.8. The minimum absolute atomic E-state index is 0. The van der Waals surface area contributed by atoms with Gasteiger partial charge in [0.2, 0.25) is 5.96 Å². The molecule has 0 amide bonds. The lowest BCUT2D eigenvalue weighted by Crippen LogP contribution is -2.27. The molecule has 31 heavy (non-hydrogen) atoms. The number of nitrogens with one attached hydrogen (secondary N) is 3. The summed E-state index contributed by atoms with van der Waals surface area (Å²) >= 11 is 0. The van der Waals surface area contributed by atoms with Crippen LogP contribution in [0.4, 0.5) is 5.69 Å². The Morgan fingerprint density at radius 1 is 1.06 bits per heavy atom. The summed E-state index contributed by atoms with van der Waals surface area (Å²) in [4.78, 5) is 9.11. The molecule has 1 heterocycles. The topological polar surface area (TPSA) is 134 Å². The average molecular weight is 437 g/mol. The lowest BCUT2D eigenvalue weighted by atomic mass is 10.1. The predicted octanol–water partition coefficient (Wildman–Crippen LogP) is 2.46. The second kappa shape index (κ2) is 12.9. The van der Waals surface area contributed by atoms with Gasteiger partial charge in [-0.1, -0.05) is 48.5 Å². The highest BCUT2D eigenvalue weighted by Crippen LogP contribution is 2.25. The number of hydrogen-bond acceptors (Lipinski definition) is 4. The molecule has 0 saturated heterocycles. The van der Waals surface area contributed by atoms with Crippen molar-refractivity contribution in [3.05, 3.63) is 79.1 Å². The van der Waals surface area contributed by atoms with Crippen molar-refractivity contribution < 1.29 is 9.69 Å². The first-order valence-corrected chi connectivity index (χ1v) is 10.6. The van der Waals surface area contributed by atoms with E-state index in [-0.39, 0.29) is 5.48 Å². The molecule has 0 spiro atoms. The van der Waals surface area contributed by atoms with Gasteiger partial charge < -0.3 is 10.8 Å². The quantitative estimate of drug-likeness (QED) is 0.164. The van der Waals surface area contributed by atoms with Crippen molar-refractivity contribution in [3.63, 3.8) is 0 Å². The van der Waals surface area contributed by atoms with Crippen LogP contribution in [-0.2, 0) is 11.0 Å². The minimum Gasteiger partial charge on any atom is -0.412 e. The van der Waals surface area contributed by atoms with Crippen LogP contribution in [0.15, 0.2) is 89.0 Å².